The van der Waals surface area contributed by atoms with Gasteiger partial charge in [0.2, 0.25) is 5.91 Å². The lowest BCUT2D eigenvalue weighted by atomic mass is 10.1. The second-order valence-corrected chi connectivity index (χ2v) is 8.15. The van der Waals surface area contributed by atoms with Crippen molar-refractivity contribution < 1.29 is 9.53 Å². The van der Waals surface area contributed by atoms with Crippen LogP contribution in [0.4, 0.5) is 0 Å². The van der Waals surface area contributed by atoms with E-state index < -0.39 is 0 Å². The first-order valence-corrected chi connectivity index (χ1v) is 11.3. The van der Waals surface area contributed by atoms with Crippen molar-refractivity contribution in [1.29, 1.82) is 0 Å². The molecule has 4 rings (SSSR count). The van der Waals surface area contributed by atoms with Gasteiger partial charge in [-0.3, -0.25) is 4.79 Å². The SMILES string of the molecule is CCOc1ccc(CC(=O)N/N=C\c2c(C)n(Cc3ccccc3Cl)c3ccccc23)cc1. The molecule has 3 aromatic carbocycles. The number of hydrogen-bond donors (Lipinski definition) is 1. The Balaban J connectivity index is 1.50. The molecule has 1 N–H and O–H groups in total. The van der Waals surface area contributed by atoms with Crippen LogP contribution in [0.25, 0.3) is 10.9 Å². The van der Waals surface area contributed by atoms with Crippen molar-refractivity contribution in [1.82, 2.24) is 9.99 Å². The maximum Gasteiger partial charge on any atom is 0.244 e. The van der Waals surface area contributed by atoms with Crippen molar-refractivity contribution >= 4 is 34.6 Å². The smallest absolute Gasteiger partial charge is 0.244 e. The van der Waals surface area contributed by atoms with Crippen LogP contribution in [0.1, 0.15) is 29.3 Å². The zero-order valence-electron chi connectivity index (χ0n) is 18.7. The van der Waals surface area contributed by atoms with E-state index in [9.17, 15) is 4.79 Å². The average Bonchev–Trinajstić information content (AvgIpc) is 3.08. The first kappa shape index (κ1) is 22.6. The molecule has 6 heteroatoms. The number of benzene rings is 3. The second-order valence-electron chi connectivity index (χ2n) is 7.74. The van der Waals surface area contributed by atoms with Gasteiger partial charge in [-0.15, -0.1) is 0 Å². The molecule has 0 saturated carbocycles. The predicted molar refractivity (Wildman–Crippen MR) is 134 cm³/mol. The number of hydrazone groups is 1. The highest BCUT2D eigenvalue weighted by Crippen LogP contribution is 2.27. The fraction of sp³-hybridized carbons (Fsp3) is 0.185. The number of nitrogens with zero attached hydrogens (tertiary/aromatic N) is 2. The van der Waals surface area contributed by atoms with Gasteiger partial charge in [-0.25, -0.2) is 5.43 Å². The molecule has 0 aliphatic carbocycles. The van der Waals surface area contributed by atoms with E-state index in [1.54, 1.807) is 6.21 Å². The summed E-state index contributed by atoms with van der Waals surface area (Å²) >= 11 is 6.40. The molecule has 0 radical (unpaired) electrons. The van der Waals surface area contributed by atoms with Crippen molar-refractivity contribution in [2.45, 2.75) is 26.8 Å². The van der Waals surface area contributed by atoms with Gasteiger partial charge in [-0.05, 0) is 49.2 Å². The number of carbonyl (C=O) groups excluding carboxylic acids is 1. The molecule has 168 valence electrons. The highest BCUT2D eigenvalue weighted by Gasteiger charge is 2.14. The van der Waals surface area contributed by atoms with Crippen LogP contribution in [0.3, 0.4) is 0 Å². The van der Waals surface area contributed by atoms with E-state index in [2.05, 4.69) is 34.2 Å². The Morgan fingerprint density at radius 1 is 1.06 bits per heavy atom. The van der Waals surface area contributed by atoms with Crippen molar-refractivity contribution in [3.8, 4) is 5.75 Å². The standard InChI is InChI=1S/C27H26ClN3O2/c1-3-33-22-14-12-20(13-15-22)16-27(32)30-29-17-24-19(2)31(26-11-7-5-9-23(24)26)18-21-8-4-6-10-25(21)28/h4-15,17H,3,16,18H2,1-2H3,(H,30,32)/b29-17-. The van der Waals surface area contributed by atoms with Gasteiger partial charge in [-0.1, -0.05) is 60.1 Å². The van der Waals surface area contributed by atoms with Crippen LogP contribution in [-0.4, -0.2) is 23.3 Å². The Morgan fingerprint density at radius 2 is 1.79 bits per heavy atom. The molecular formula is C27H26ClN3O2. The molecule has 0 bridgehead atoms. The van der Waals surface area contributed by atoms with E-state index in [0.29, 0.717) is 13.2 Å². The number of fused-ring (bicyclic) bond motifs is 1. The largest absolute Gasteiger partial charge is 0.494 e. The van der Waals surface area contributed by atoms with Gasteiger partial charge >= 0.3 is 0 Å². The monoisotopic (exact) mass is 459 g/mol. The van der Waals surface area contributed by atoms with Crippen LogP contribution < -0.4 is 10.2 Å². The molecule has 0 aliphatic rings. The summed E-state index contributed by atoms with van der Waals surface area (Å²) in [7, 11) is 0. The van der Waals surface area contributed by atoms with Gasteiger partial charge in [0, 0.05) is 33.7 Å². The van der Waals surface area contributed by atoms with Crippen LogP contribution in [0, 0.1) is 6.92 Å². The van der Waals surface area contributed by atoms with E-state index in [4.69, 9.17) is 16.3 Å². The van der Waals surface area contributed by atoms with E-state index in [0.717, 1.165) is 44.1 Å². The first-order chi connectivity index (χ1) is 16.1. The van der Waals surface area contributed by atoms with Crippen LogP contribution in [0.2, 0.25) is 5.02 Å². The molecule has 5 nitrogen and oxygen atoms in total. The lowest BCUT2D eigenvalue weighted by Crippen LogP contribution is -2.19. The van der Waals surface area contributed by atoms with Gasteiger partial charge in [-0.2, -0.15) is 5.10 Å². The van der Waals surface area contributed by atoms with Crippen molar-refractivity contribution in [2.24, 2.45) is 5.10 Å². The summed E-state index contributed by atoms with van der Waals surface area (Å²) in [6, 6.07) is 23.5. The summed E-state index contributed by atoms with van der Waals surface area (Å²) in [6.07, 6.45) is 1.97. The molecule has 0 atom stereocenters. The number of amides is 1. The number of carbonyl (C=O) groups is 1. The third kappa shape index (κ3) is 5.26. The summed E-state index contributed by atoms with van der Waals surface area (Å²) in [4.78, 5) is 12.4. The van der Waals surface area contributed by atoms with Crippen molar-refractivity contribution in [3.63, 3.8) is 0 Å². The molecule has 1 amide bonds. The second kappa shape index (κ2) is 10.4. The third-order valence-corrected chi connectivity index (χ3v) is 5.92. The number of para-hydroxylation sites is 1. The molecule has 0 fully saturated rings. The molecule has 0 spiro atoms. The quantitative estimate of drug-likeness (QED) is 0.269. The lowest BCUT2D eigenvalue weighted by molar-refractivity contribution is -0.120. The van der Waals surface area contributed by atoms with Gasteiger partial charge in [0.1, 0.15) is 5.75 Å². The van der Waals surface area contributed by atoms with Gasteiger partial charge < -0.3 is 9.30 Å². The number of aromatic nitrogens is 1. The molecular weight excluding hydrogens is 434 g/mol. The molecule has 0 saturated heterocycles. The number of rotatable bonds is 8. The molecule has 1 heterocycles. The highest BCUT2D eigenvalue weighted by atomic mass is 35.5. The summed E-state index contributed by atoms with van der Waals surface area (Å²) < 4.78 is 7.66. The van der Waals surface area contributed by atoms with Crippen molar-refractivity contribution in [2.75, 3.05) is 6.61 Å². The number of ether oxygens (including phenoxy) is 1. The van der Waals surface area contributed by atoms with E-state index >= 15 is 0 Å². The number of nitrogens with one attached hydrogen (secondary N) is 1. The molecule has 4 aromatic rings. The zero-order valence-corrected chi connectivity index (χ0v) is 19.5. The minimum absolute atomic E-state index is 0.173. The molecule has 33 heavy (non-hydrogen) atoms. The van der Waals surface area contributed by atoms with Gasteiger partial charge in [0.25, 0.3) is 0 Å². The summed E-state index contributed by atoms with van der Waals surface area (Å²) in [5.41, 5.74) is 7.72. The Labute approximate surface area is 198 Å². The molecule has 0 aliphatic heterocycles. The number of halogens is 1. The van der Waals surface area contributed by atoms with Crippen LogP contribution in [-0.2, 0) is 17.8 Å². The third-order valence-electron chi connectivity index (χ3n) is 5.55. The first-order valence-electron chi connectivity index (χ1n) is 10.9. The topological polar surface area (TPSA) is 55.6 Å². The zero-order chi connectivity index (χ0) is 23.2. The van der Waals surface area contributed by atoms with Gasteiger partial charge in [0.05, 0.1) is 19.2 Å². The molecule has 0 unspecified atom stereocenters. The predicted octanol–water partition coefficient (Wildman–Crippen LogP) is 5.74. The van der Waals surface area contributed by atoms with E-state index in [1.807, 2.05) is 67.6 Å². The Kier molecular flexibility index (Phi) is 7.10. The lowest BCUT2D eigenvalue weighted by Gasteiger charge is -2.10. The Morgan fingerprint density at radius 3 is 2.55 bits per heavy atom. The average molecular weight is 460 g/mol. The van der Waals surface area contributed by atoms with E-state index in [1.165, 1.54) is 0 Å². The van der Waals surface area contributed by atoms with Crippen LogP contribution in [0.5, 0.6) is 5.75 Å². The van der Waals surface area contributed by atoms with E-state index in [-0.39, 0.29) is 12.3 Å². The number of hydrogen-bond acceptors (Lipinski definition) is 3. The van der Waals surface area contributed by atoms with Crippen molar-refractivity contribution in [3.05, 3.63) is 100 Å². The fourth-order valence-corrected chi connectivity index (χ4v) is 4.08. The van der Waals surface area contributed by atoms with Crippen LogP contribution in [0.15, 0.2) is 77.9 Å². The molecule has 1 aromatic heterocycles. The summed E-state index contributed by atoms with van der Waals surface area (Å²) in [6.45, 7) is 5.27. The Hall–Kier alpha value is -3.57. The van der Waals surface area contributed by atoms with Gasteiger partial charge in [0.15, 0.2) is 0 Å². The maximum atomic E-state index is 12.4. The maximum absolute atomic E-state index is 12.4. The fourth-order valence-electron chi connectivity index (χ4n) is 3.89. The Bertz CT molecular complexity index is 1290. The normalized spacial score (nSPS) is 11.2. The summed E-state index contributed by atoms with van der Waals surface area (Å²) in [5, 5.41) is 6.06. The minimum Gasteiger partial charge on any atom is -0.494 e. The highest BCUT2D eigenvalue weighted by molar-refractivity contribution is 6.31. The van der Waals surface area contributed by atoms with Crippen LogP contribution >= 0.6 is 11.6 Å². The summed E-state index contributed by atoms with van der Waals surface area (Å²) in [5.74, 6) is 0.621. The minimum atomic E-state index is -0.173.